The zero-order valence-electron chi connectivity index (χ0n) is 14.5. The largest absolute Gasteiger partial charge is 1.00 e. The van der Waals surface area contributed by atoms with Gasteiger partial charge in [0.1, 0.15) is 0 Å². The number of amides is 1. The summed E-state index contributed by atoms with van der Waals surface area (Å²) >= 11 is 0. The SMILES string of the molecule is CC(=O)NNS(=O)(=O)c1ccc(-n2nc(C(F)(F)F)cc2C)cc1.[H-].[Na+]. The molecular weight excluding hydrogens is 372 g/mol. The molecule has 0 aliphatic rings. The fourth-order valence-corrected chi connectivity index (χ4v) is 2.73. The first-order valence-electron chi connectivity index (χ1n) is 6.53. The number of nitrogens with one attached hydrogen (secondary N) is 2. The Bertz CT molecular complexity index is 870. The Labute approximate surface area is 165 Å². The molecule has 1 aromatic heterocycles. The number of hydrazine groups is 1. The van der Waals surface area contributed by atoms with Crippen molar-refractivity contribution in [3.8, 4) is 5.69 Å². The molecule has 1 amide bonds. The zero-order valence-corrected chi connectivity index (χ0v) is 16.4. The topological polar surface area (TPSA) is 93.1 Å². The molecule has 0 unspecified atom stereocenters. The smallest absolute Gasteiger partial charge is 1.00 e. The third-order valence-corrected chi connectivity index (χ3v) is 4.19. The van der Waals surface area contributed by atoms with Gasteiger partial charge < -0.3 is 1.43 Å². The van der Waals surface area contributed by atoms with Crippen LogP contribution in [0.4, 0.5) is 13.2 Å². The molecule has 0 spiro atoms. The normalized spacial score (nSPS) is 11.7. The van der Waals surface area contributed by atoms with Gasteiger partial charge in [0.25, 0.3) is 10.0 Å². The first-order chi connectivity index (χ1) is 11.0. The Morgan fingerprint density at radius 3 is 2.24 bits per heavy atom. The Kier molecular flexibility index (Phi) is 6.81. The molecule has 0 saturated heterocycles. The van der Waals surface area contributed by atoms with E-state index in [2.05, 4.69) is 5.10 Å². The molecular formula is C13H14F3N4NaO3S. The van der Waals surface area contributed by atoms with Crippen LogP contribution in [0, 0.1) is 6.92 Å². The van der Waals surface area contributed by atoms with Gasteiger partial charge in [-0.25, -0.2) is 13.1 Å². The van der Waals surface area contributed by atoms with Gasteiger partial charge in [-0.05, 0) is 37.3 Å². The Hall–Kier alpha value is -1.40. The first-order valence-corrected chi connectivity index (χ1v) is 8.02. The van der Waals surface area contributed by atoms with Gasteiger partial charge in [-0.3, -0.25) is 10.2 Å². The summed E-state index contributed by atoms with van der Waals surface area (Å²) in [6, 6.07) is 5.88. The molecule has 0 saturated carbocycles. The molecule has 25 heavy (non-hydrogen) atoms. The first kappa shape index (κ1) is 21.6. The molecule has 2 aromatic rings. The molecule has 0 aliphatic heterocycles. The van der Waals surface area contributed by atoms with Crippen molar-refractivity contribution in [1.82, 2.24) is 20.0 Å². The Balaban J connectivity index is 0.00000312. The third kappa shape index (κ3) is 5.28. The number of carbonyl (C=O) groups excluding carboxylic acids is 1. The molecule has 2 N–H and O–H groups in total. The van der Waals surface area contributed by atoms with Gasteiger partial charge in [0.15, 0.2) is 5.69 Å². The van der Waals surface area contributed by atoms with E-state index in [0.717, 1.165) is 17.7 Å². The van der Waals surface area contributed by atoms with E-state index >= 15 is 0 Å². The summed E-state index contributed by atoms with van der Waals surface area (Å²) in [5, 5.41) is 3.47. The van der Waals surface area contributed by atoms with Crippen LogP contribution in [-0.4, -0.2) is 24.1 Å². The fourth-order valence-electron chi connectivity index (χ4n) is 1.84. The molecule has 0 atom stereocenters. The van der Waals surface area contributed by atoms with Crippen molar-refractivity contribution in [3.05, 3.63) is 41.7 Å². The second-order valence-corrected chi connectivity index (χ2v) is 6.54. The minimum atomic E-state index is -4.57. The van der Waals surface area contributed by atoms with Crippen molar-refractivity contribution < 1.29 is 57.4 Å². The second kappa shape index (κ2) is 7.87. The molecule has 132 valence electrons. The van der Waals surface area contributed by atoms with E-state index in [-0.39, 0.29) is 47.3 Å². The molecule has 0 aliphatic carbocycles. The van der Waals surface area contributed by atoms with E-state index in [1.54, 1.807) is 0 Å². The van der Waals surface area contributed by atoms with Gasteiger partial charge in [-0.15, -0.1) is 4.83 Å². The van der Waals surface area contributed by atoms with Crippen LogP contribution in [0.3, 0.4) is 0 Å². The predicted molar refractivity (Wildman–Crippen MR) is 78.6 cm³/mol. The van der Waals surface area contributed by atoms with E-state index in [9.17, 15) is 26.4 Å². The molecule has 7 nitrogen and oxygen atoms in total. The summed E-state index contributed by atoms with van der Waals surface area (Å²) in [4.78, 5) is 12.4. The monoisotopic (exact) mass is 386 g/mol. The van der Waals surface area contributed by atoms with Crippen LogP contribution in [-0.2, 0) is 21.0 Å². The number of alkyl halides is 3. The molecule has 1 heterocycles. The van der Waals surface area contributed by atoms with Gasteiger partial charge in [0.2, 0.25) is 5.91 Å². The van der Waals surface area contributed by atoms with Gasteiger partial charge in [0.05, 0.1) is 10.6 Å². The van der Waals surface area contributed by atoms with Gasteiger partial charge in [0, 0.05) is 12.6 Å². The average molecular weight is 386 g/mol. The number of carbonyl (C=O) groups is 1. The van der Waals surface area contributed by atoms with Crippen LogP contribution in [0.5, 0.6) is 0 Å². The maximum atomic E-state index is 12.7. The van der Waals surface area contributed by atoms with E-state index in [4.69, 9.17) is 0 Å². The van der Waals surface area contributed by atoms with Crippen molar-refractivity contribution in [2.24, 2.45) is 0 Å². The third-order valence-electron chi connectivity index (χ3n) is 2.93. The molecule has 12 heteroatoms. The summed E-state index contributed by atoms with van der Waals surface area (Å²) < 4.78 is 62.8. The minimum absolute atomic E-state index is 0. The number of hydrogen-bond acceptors (Lipinski definition) is 4. The predicted octanol–water partition coefficient (Wildman–Crippen LogP) is -1.35. The van der Waals surface area contributed by atoms with Crippen LogP contribution in [0.2, 0.25) is 0 Å². The number of halogens is 3. The Morgan fingerprint density at radius 2 is 1.80 bits per heavy atom. The number of nitrogens with zero attached hydrogens (tertiary/aromatic N) is 2. The summed E-state index contributed by atoms with van der Waals surface area (Å²) in [5.41, 5.74) is 1.41. The van der Waals surface area contributed by atoms with Gasteiger partial charge in [-0.1, -0.05) is 0 Å². The standard InChI is InChI=1S/C13H13F3N4O3S.Na.H/c1-8-7-12(13(14,15)16)18-20(8)10-3-5-11(6-4-10)24(22,23)19-17-9(2)21;;/h3-7,19H,1-2H3,(H,17,21);;/q;+1;-1. The van der Waals surface area contributed by atoms with Crippen LogP contribution >= 0.6 is 0 Å². The van der Waals surface area contributed by atoms with Crippen LogP contribution < -0.4 is 39.8 Å². The number of benzene rings is 1. The van der Waals surface area contributed by atoms with Crippen LogP contribution in [0.1, 0.15) is 19.7 Å². The molecule has 0 fully saturated rings. The van der Waals surface area contributed by atoms with Crippen molar-refractivity contribution >= 4 is 15.9 Å². The average Bonchev–Trinajstić information content (AvgIpc) is 2.87. The maximum absolute atomic E-state index is 12.7. The number of aryl methyl sites for hydroxylation is 1. The number of sulfonamides is 1. The number of rotatable bonds is 4. The molecule has 0 bridgehead atoms. The van der Waals surface area contributed by atoms with Gasteiger partial charge in [-0.2, -0.15) is 18.3 Å². The van der Waals surface area contributed by atoms with Crippen LogP contribution in [0.15, 0.2) is 35.2 Å². The summed E-state index contributed by atoms with van der Waals surface area (Å²) in [6.07, 6.45) is -4.57. The molecule has 0 radical (unpaired) electrons. The Morgan fingerprint density at radius 1 is 1.24 bits per heavy atom. The van der Waals surface area contributed by atoms with Crippen LogP contribution in [0.25, 0.3) is 5.69 Å². The number of aromatic nitrogens is 2. The molecule has 1 aromatic carbocycles. The van der Waals surface area contributed by atoms with Crippen molar-refractivity contribution in [1.29, 1.82) is 0 Å². The van der Waals surface area contributed by atoms with E-state index in [0.29, 0.717) is 0 Å². The fraction of sp³-hybridized carbons (Fsp3) is 0.231. The quantitative estimate of drug-likeness (QED) is 0.502. The van der Waals surface area contributed by atoms with Crippen molar-refractivity contribution in [2.75, 3.05) is 0 Å². The van der Waals surface area contributed by atoms with Crippen molar-refractivity contribution in [3.63, 3.8) is 0 Å². The summed E-state index contributed by atoms with van der Waals surface area (Å²) in [7, 11) is -3.97. The number of hydrogen-bond donors (Lipinski definition) is 2. The second-order valence-electron chi connectivity index (χ2n) is 4.86. The van der Waals surface area contributed by atoms with Crippen molar-refractivity contribution in [2.45, 2.75) is 24.9 Å². The van der Waals surface area contributed by atoms with E-state index in [1.165, 1.54) is 31.2 Å². The summed E-state index contributed by atoms with van der Waals surface area (Å²) in [5.74, 6) is -0.595. The van der Waals surface area contributed by atoms with Gasteiger partial charge >= 0.3 is 35.7 Å². The van der Waals surface area contributed by atoms with E-state index in [1.807, 2.05) is 10.3 Å². The minimum Gasteiger partial charge on any atom is -1.00 e. The summed E-state index contributed by atoms with van der Waals surface area (Å²) in [6.45, 7) is 2.58. The zero-order chi connectivity index (χ0) is 18.1. The maximum Gasteiger partial charge on any atom is 1.00 e. The van der Waals surface area contributed by atoms with E-state index < -0.39 is 27.8 Å². The molecule has 2 rings (SSSR count).